The number of carbonyl (C=O) groups is 1. The first kappa shape index (κ1) is 14.4. The molecule has 0 spiro atoms. The lowest BCUT2D eigenvalue weighted by molar-refractivity contribution is 0.0313. The molecule has 0 radical (unpaired) electrons. The van der Waals surface area contributed by atoms with Crippen LogP contribution in [0, 0.1) is 5.82 Å². The number of hydrogen-bond donors (Lipinski definition) is 1. The zero-order chi connectivity index (χ0) is 13.4. The summed E-state index contributed by atoms with van der Waals surface area (Å²) in [5.74, 6) is -1.15. The summed E-state index contributed by atoms with van der Waals surface area (Å²) in [6.45, 7) is 3.22. The van der Waals surface area contributed by atoms with E-state index in [1.807, 2.05) is 0 Å². The van der Waals surface area contributed by atoms with Crippen molar-refractivity contribution in [2.45, 2.75) is 19.8 Å². The van der Waals surface area contributed by atoms with E-state index in [1.165, 1.54) is 6.07 Å². The topological polar surface area (TPSA) is 61.5 Å². The molecular formula is C13H18FNO3. The first-order valence-corrected chi connectivity index (χ1v) is 5.94. The van der Waals surface area contributed by atoms with Crippen LogP contribution in [-0.2, 0) is 9.47 Å². The molecule has 1 aromatic rings. The van der Waals surface area contributed by atoms with Gasteiger partial charge >= 0.3 is 5.97 Å². The molecule has 5 heteroatoms. The van der Waals surface area contributed by atoms with Gasteiger partial charge in [0.25, 0.3) is 0 Å². The molecule has 100 valence electrons. The molecule has 4 nitrogen and oxygen atoms in total. The Kier molecular flexibility index (Phi) is 6.14. The van der Waals surface area contributed by atoms with Gasteiger partial charge in [-0.25, -0.2) is 9.18 Å². The van der Waals surface area contributed by atoms with E-state index >= 15 is 0 Å². The summed E-state index contributed by atoms with van der Waals surface area (Å²) < 4.78 is 23.2. The van der Waals surface area contributed by atoms with Crippen molar-refractivity contribution < 1.29 is 18.7 Å². The van der Waals surface area contributed by atoms with Crippen molar-refractivity contribution in [1.29, 1.82) is 0 Å². The van der Waals surface area contributed by atoms with Gasteiger partial charge in [-0.2, -0.15) is 0 Å². The summed E-state index contributed by atoms with van der Waals surface area (Å²) >= 11 is 0. The fourth-order valence-electron chi connectivity index (χ4n) is 1.36. The molecule has 1 rings (SSSR count). The highest BCUT2D eigenvalue weighted by molar-refractivity contribution is 5.90. The maximum absolute atomic E-state index is 13.0. The maximum atomic E-state index is 13.0. The van der Waals surface area contributed by atoms with Gasteiger partial charge in [-0.15, -0.1) is 0 Å². The van der Waals surface area contributed by atoms with Gasteiger partial charge in [0.15, 0.2) is 0 Å². The minimum atomic E-state index is -0.597. The van der Waals surface area contributed by atoms with E-state index in [1.54, 1.807) is 0 Å². The number of nitrogen functional groups attached to an aromatic ring is 1. The third-order valence-electron chi connectivity index (χ3n) is 2.26. The van der Waals surface area contributed by atoms with Crippen molar-refractivity contribution in [2.75, 3.05) is 25.6 Å². The van der Waals surface area contributed by atoms with Crippen LogP contribution in [0.2, 0.25) is 0 Å². The number of unbranched alkanes of at least 4 members (excludes halogenated alkanes) is 1. The van der Waals surface area contributed by atoms with E-state index in [-0.39, 0.29) is 17.9 Å². The Morgan fingerprint density at radius 1 is 1.28 bits per heavy atom. The second-order valence-electron chi connectivity index (χ2n) is 3.88. The van der Waals surface area contributed by atoms with Crippen LogP contribution in [0.25, 0.3) is 0 Å². The zero-order valence-electron chi connectivity index (χ0n) is 10.4. The highest BCUT2D eigenvalue weighted by Gasteiger charge is 2.09. The lowest BCUT2D eigenvalue weighted by Gasteiger charge is -2.06. The molecule has 0 aliphatic carbocycles. The van der Waals surface area contributed by atoms with Crippen molar-refractivity contribution >= 4 is 11.7 Å². The number of benzene rings is 1. The predicted molar refractivity (Wildman–Crippen MR) is 66.8 cm³/mol. The lowest BCUT2D eigenvalue weighted by Crippen LogP contribution is -2.11. The van der Waals surface area contributed by atoms with E-state index < -0.39 is 11.8 Å². The monoisotopic (exact) mass is 255 g/mol. The standard InChI is InChI=1S/C13H18FNO3/c1-2-3-4-17-5-6-18-13(16)10-7-11(14)9-12(15)8-10/h7-9H,2-6,15H2,1H3. The second-order valence-corrected chi connectivity index (χ2v) is 3.88. The molecule has 0 atom stereocenters. The molecule has 0 bridgehead atoms. The largest absolute Gasteiger partial charge is 0.460 e. The lowest BCUT2D eigenvalue weighted by atomic mass is 10.2. The van der Waals surface area contributed by atoms with Gasteiger partial charge in [0.2, 0.25) is 0 Å². The predicted octanol–water partition coefficient (Wildman–Crippen LogP) is 2.38. The summed E-state index contributed by atoms with van der Waals surface area (Å²) in [7, 11) is 0. The number of carbonyl (C=O) groups excluding carboxylic acids is 1. The molecule has 0 aliphatic rings. The number of hydrogen-bond acceptors (Lipinski definition) is 4. The minimum absolute atomic E-state index is 0.112. The Morgan fingerprint density at radius 2 is 2.06 bits per heavy atom. The van der Waals surface area contributed by atoms with Gasteiger partial charge in [0, 0.05) is 12.3 Å². The molecule has 0 heterocycles. The Labute approximate surface area is 106 Å². The molecule has 18 heavy (non-hydrogen) atoms. The molecule has 1 aromatic carbocycles. The molecule has 2 N–H and O–H groups in total. The maximum Gasteiger partial charge on any atom is 0.338 e. The average molecular weight is 255 g/mol. The molecular weight excluding hydrogens is 237 g/mol. The highest BCUT2D eigenvalue weighted by atomic mass is 19.1. The first-order valence-electron chi connectivity index (χ1n) is 5.94. The van der Waals surface area contributed by atoms with Crippen molar-refractivity contribution in [2.24, 2.45) is 0 Å². The van der Waals surface area contributed by atoms with Gasteiger partial charge in [-0.3, -0.25) is 0 Å². The second kappa shape index (κ2) is 7.66. The van der Waals surface area contributed by atoms with Crippen molar-refractivity contribution in [3.8, 4) is 0 Å². The van der Waals surface area contributed by atoms with Crippen LogP contribution >= 0.6 is 0 Å². The Bertz CT molecular complexity index is 376. The van der Waals surface area contributed by atoms with Crippen molar-refractivity contribution in [1.82, 2.24) is 0 Å². The fourth-order valence-corrected chi connectivity index (χ4v) is 1.36. The van der Waals surface area contributed by atoms with E-state index in [0.29, 0.717) is 13.2 Å². The van der Waals surface area contributed by atoms with Crippen molar-refractivity contribution in [3.63, 3.8) is 0 Å². The van der Waals surface area contributed by atoms with Crippen LogP contribution in [0.1, 0.15) is 30.1 Å². The third-order valence-corrected chi connectivity index (χ3v) is 2.26. The molecule has 0 saturated heterocycles. The fraction of sp³-hybridized carbons (Fsp3) is 0.462. The Balaban J connectivity index is 2.32. The molecule has 0 amide bonds. The van der Waals surface area contributed by atoms with Gasteiger partial charge < -0.3 is 15.2 Å². The summed E-state index contributed by atoms with van der Waals surface area (Å²) in [4.78, 5) is 11.5. The van der Waals surface area contributed by atoms with Gasteiger partial charge in [0.1, 0.15) is 12.4 Å². The van der Waals surface area contributed by atoms with Gasteiger partial charge in [0.05, 0.1) is 12.2 Å². The van der Waals surface area contributed by atoms with E-state index in [9.17, 15) is 9.18 Å². The van der Waals surface area contributed by atoms with Crippen LogP contribution < -0.4 is 5.73 Å². The van der Waals surface area contributed by atoms with Gasteiger partial charge in [-0.1, -0.05) is 13.3 Å². The van der Waals surface area contributed by atoms with Crippen molar-refractivity contribution in [3.05, 3.63) is 29.6 Å². The Morgan fingerprint density at radius 3 is 2.72 bits per heavy atom. The Hall–Kier alpha value is -1.62. The molecule has 0 saturated carbocycles. The number of ether oxygens (including phenoxy) is 2. The molecule has 0 fully saturated rings. The average Bonchev–Trinajstić information content (AvgIpc) is 2.32. The minimum Gasteiger partial charge on any atom is -0.460 e. The van der Waals surface area contributed by atoms with Gasteiger partial charge in [-0.05, 0) is 24.6 Å². The van der Waals surface area contributed by atoms with Crippen LogP contribution in [0.3, 0.4) is 0 Å². The number of halogens is 1. The molecule has 0 aromatic heterocycles. The van der Waals surface area contributed by atoms with Crippen LogP contribution in [0.15, 0.2) is 18.2 Å². The number of anilines is 1. The van der Waals surface area contributed by atoms with E-state index in [0.717, 1.165) is 25.0 Å². The molecule has 0 aliphatic heterocycles. The zero-order valence-corrected chi connectivity index (χ0v) is 10.4. The summed E-state index contributed by atoms with van der Waals surface area (Å²) in [5.41, 5.74) is 5.74. The number of esters is 1. The SMILES string of the molecule is CCCCOCCOC(=O)c1cc(N)cc(F)c1. The quantitative estimate of drug-likeness (QED) is 0.461. The van der Waals surface area contributed by atoms with E-state index in [2.05, 4.69) is 6.92 Å². The first-order chi connectivity index (χ1) is 8.63. The summed E-state index contributed by atoms with van der Waals surface area (Å²) in [5, 5.41) is 0. The summed E-state index contributed by atoms with van der Waals surface area (Å²) in [6.07, 6.45) is 2.04. The normalized spacial score (nSPS) is 10.3. The summed E-state index contributed by atoms with van der Waals surface area (Å²) in [6, 6.07) is 3.62. The van der Waals surface area contributed by atoms with E-state index in [4.69, 9.17) is 15.2 Å². The highest BCUT2D eigenvalue weighted by Crippen LogP contribution is 2.11. The third kappa shape index (κ3) is 5.14. The van der Waals surface area contributed by atoms with Crippen LogP contribution in [0.4, 0.5) is 10.1 Å². The molecule has 0 unspecified atom stereocenters. The smallest absolute Gasteiger partial charge is 0.338 e. The van der Waals surface area contributed by atoms with Crippen LogP contribution in [-0.4, -0.2) is 25.8 Å². The van der Waals surface area contributed by atoms with Crippen LogP contribution in [0.5, 0.6) is 0 Å². The number of nitrogens with two attached hydrogens (primary N) is 1. The number of rotatable bonds is 7.